The molecule has 0 bridgehead atoms. The van der Waals surface area contributed by atoms with E-state index in [9.17, 15) is 0 Å². The van der Waals surface area contributed by atoms with Crippen molar-refractivity contribution >= 4 is 21.6 Å². The fraction of sp³-hybridized carbons (Fsp3) is 0.200. The van der Waals surface area contributed by atoms with Crippen LogP contribution in [0.1, 0.15) is 5.56 Å². The quantitative estimate of drug-likeness (QED) is 0.525. The highest BCUT2D eigenvalue weighted by Crippen LogP contribution is 2.22. The Labute approximate surface area is 101 Å². The second-order valence-electron chi connectivity index (χ2n) is 3.27. The predicted octanol–water partition coefficient (Wildman–Crippen LogP) is 3.01. The summed E-state index contributed by atoms with van der Waals surface area (Å²) in [7, 11) is 0. The summed E-state index contributed by atoms with van der Waals surface area (Å²) >= 11 is 3.38. The molecule has 0 spiro atoms. The SMILES string of the molecule is [N-]=[N+]=NCC1=C(c2ccc(Br)cc2)NOC1. The van der Waals surface area contributed by atoms with Crippen molar-refractivity contribution < 1.29 is 4.84 Å². The van der Waals surface area contributed by atoms with E-state index in [1.54, 1.807) is 0 Å². The van der Waals surface area contributed by atoms with Crippen LogP contribution in [0.2, 0.25) is 0 Å². The molecule has 1 aliphatic rings. The van der Waals surface area contributed by atoms with E-state index < -0.39 is 0 Å². The van der Waals surface area contributed by atoms with Gasteiger partial charge in [-0.2, -0.15) is 0 Å². The van der Waals surface area contributed by atoms with Crippen molar-refractivity contribution in [3.8, 4) is 0 Å². The molecule has 0 aliphatic carbocycles. The summed E-state index contributed by atoms with van der Waals surface area (Å²) in [6.45, 7) is 0.777. The molecule has 16 heavy (non-hydrogen) atoms. The molecule has 82 valence electrons. The number of hydrogen-bond acceptors (Lipinski definition) is 3. The first-order chi connectivity index (χ1) is 7.81. The summed E-state index contributed by atoms with van der Waals surface area (Å²) < 4.78 is 1.02. The molecule has 6 heteroatoms. The number of azide groups is 1. The van der Waals surface area contributed by atoms with E-state index in [1.807, 2.05) is 24.3 Å². The summed E-state index contributed by atoms with van der Waals surface area (Å²) in [5.74, 6) is 0. The van der Waals surface area contributed by atoms with E-state index in [-0.39, 0.29) is 0 Å². The first-order valence-corrected chi connectivity index (χ1v) is 5.47. The average molecular weight is 281 g/mol. The van der Waals surface area contributed by atoms with Crippen LogP contribution < -0.4 is 5.48 Å². The first-order valence-electron chi connectivity index (χ1n) is 4.68. The Morgan fingerprint density at radius 1 is 1.44 bits per heavy atom. The van der Waals surface area contributed by atoms with Gasteiger partial charge in [-0.05, 0) is 23.2 Å². The average Bonchev–Trinajstić information content (AvgIpc) is 2.75. The Balaban J connectivity index is 2.30. The van der Waals surface area contributed by atoms with Crippen LogP contribution in [-0.4, -0.2) is 13.2 Å². The Bertz CT molecular complexity index is 462. The third-order valence-corrected chi connectivity index (χ3v) is 2.76. The maximum atomic E-state index is 8.29. The van der Waals surface area contributed by atoms with Gasteiger partial charge in [-0.3, -0.25) is 10.3 Å². The van der Waals surface area contributed by atoms with Gasteiger partial charge in [-0.1, -0.05) is 33.2 Å². The lowest BCUT2D eigenvalue weighted by Gasteiger charge is -2.04. The standard InChI is InChI=1S/C10H9BrN4O/c11-9-3-1-7(2-4-9)10-8(5-13-15-12)6-16-14-10/h1-4,14H,5-6H2. The molecule has 1 aromatic carbocycles. The summed E-state index contributed by atoms with van der Waals surface area (Å²) in [6.07, 6.45) is 0. The van der Waals surface area contributed by atoms with Crippen LogP contribution in [0, 0.1) is 0 Å². The van der Waals surface area contributed by atoms with Gasteiger partial charge in [-0.25, -0.2) is 0 Å². The van der Waals surface area contributed by atoms with E-state index >= 15 is 0 Å². The molecule has 0 saturated carbocycles. The van der Waals surface area contributed by atoms with Crippen LogP contribution in [0.25, 0.3) is 16.1 Å². The number of rotatable bonds is 3. The van der Waals surface area contributed by atoms with E-state index in [0.717, 1.165) is 21.3 Å². The lowest BCUT2D eigenvalue weighted by atomic mass is 10.1. The van der Waals surface area contributed by atoms with Gasteiger partial charge in [0.05, 0.1) is 18.8 Å². The van der Waals surface area contributed by atoms with Crippen LogP contribution >= 0.6 is 15.9 Å². The third kappa shape index (κ3) is 2.36. The van der Waals surface area contributed by atoms with Gasteiger partial charge in [0.1, 0.15) is 0 Å². The van der Waals surface area contributed by atoms with Crippen molar-refractivity contribution in [1.82, 2.24) is 5.48 Å². The minimum absolute atomic E-state index is 0.328. The van der Waals surface area contributed by atoms with Crippen molar-refractivity contribution in [2.75, 3.05) is 13.2 Å². The Hall–Kier alpha value is -1.49. The molecule has 5 nitrogen and oxygen atoms in total. The zero-order valence-electron chi connectivity index (χ0n) is 8.35. The largest absolute Gasteiger partial charge is 0.272 e. The monoisotopic (exact) mass is 280 g/mol. The zero-order chi connectivity index (χ0) is 11.4. The van der Waals surface area contributed by atoms with E-state index in [0.29, 0.717) is 13.2 Å². The fourth-order valence-electron chi connectivity index (χ4n) is 1.46. The Morgan fingerprint density at radius 2 is 2.19 bits per heavy atom. The molecule has 0 radical (unpaired) electrons. The van der Waals surface area contributed by atoms with Gasteiger partial charge in [0.15, 0.2) is 0 Å². The van der Waals surface area contributed by atoms with Crippen molar-refractivity contribution in [2.45, 2.75) is 0 Å². The molecule has 1 aliphatic heterocycles. The number of hydroxylamine groups is 1. The van der Waals surface area contributed by atoms with E-state index in [4.69, 9.17) is 10.4 Å². The van der Waals surface area contributed by atoms with Gasteiger partial charge in [0.25, 0.3) is 0 Å². The van der Waals surface area contributed by atoms with E-state index in [2.05, 4.69) is 31.4 Å². The molecule has 0 aromatic heterocycles. The first kappa shape index (κ1) is 11.0. The topological polar surface area (TPSA) is 70.0 Å². The highest BCUT2D eigenvalue weighted by molar-refractivity contribution is 9.10. The van der Waals surface area contributed by atoms with Crippen LogP contribution in [-0.2, 0) is 4.84 Å². The summed E-state index contributed by atoms with van der Waals surface area (Å²) in [4.78, 5) is 7.87. The smallest absolute Gasteiger partial charge is 0.0982 e. The summed E-state index contributed by atoms with van der Waals surface area (Å²) in [5.41, 5.74) is 14.0. The molecule has 2 rings (SSSR count). The molecule has 0 saturated heterocycles. The van der Waals surface area contributed by atoms with Crippen LogP contribution in [0.3, 0.4) is 0 Å². The minimum Gasteiger partial charge on any atom is -0.272 e. The number of halogens is 1. The maximum Gasteiger partial charge on any atom is 0.0982 e. The normalized spacial score (nSPS) is 14.6. The van der Waals surface area contributed by atoms with Gasteiger partial charge in [-0.15, -0.1) is 0 Å². The van der Waals surface area contributed by atoms with Gasteiger partial charge >= 0.3 is 0 Å². The fourth-order valence-corrected chi connectivity index (χ4v) is 1.73. The number of nitrogens with one attached hydrogen (secondary N) is 1. The molecule has 0 atom stereocenters. The minimum atomic E-state index is 0.328. The summed E-state index contributed by atoms with van der Waals surface area (Å²) in [6, 6.07) is 7.84. The van der Waals surface area contributed by atoms with Crippen LogP contribution in [0.15, 0.2) is 39.4 Å². The second kappa shape index (κ2) is 5.03. The molecule has 0 unspecified atom stereocenters. The number of nitrogens with zero attached hydrogens (tertiary/aromatic N) is 3. The van der Waals surface area contributed by atoms with Gasteiger partial charge in [0.2, 0.25) is 0 Å². The molecule has 1 N–H and O–H groups in total. The molecule has 1 aromatic rings. The second-order valence-corrected chi connectivity index (χ2v) is 4.18. The number of benzene rings is 1. The van der Waals surface area contributed by atoms with Crippen molar-refractivity contribution in [1.29, 1.82) is 0 Å². The van der Waals surface area contributed by atoms with Crippen LogP contribution in [0.4, 0.5) is 0 Å². The molecular formula is C10H9BrN4O. The van der Waals surface area contributed by atoms with Crippen molar-refractivity contribution in [3.63, 3.8) is 0 Å². The van der Waals surface area contributed by atoms with Crippen LogP contribution in [0.5, 0.6) is 0 Å². The lowest BCUT2D eigenvalue weighted by Crippen LogP contribution is -2.04. The molecular weight excluding hydrogens is 272 g/mol. The highest BCUT2D eigenvalue weighted by Gasteiger charge is 2.15. The van der Waals surface area contributed by atoms with Crippen molar-refractivity contribution in [3.05, 3.63) is 50.3 Å². The van der Waals surface area contributed by atoms with Gasteiger partial charge in [0, 0.05) is 14.9 Å². The molecule has 0 fully saturated rings. The summed E-state index contributed by atoms with van der Waals surface area (Å²) in [5, 5.41) is 3.54. The lowest BCUT2D eigenvalue weighted by molar-refractivity contribution is 0.117. The Kier molecular flexibility index (Phi) is 3.46. The molecule has 0 amide bonds. The Morgan fingerprint density at radius 3 is 2.88 bits per heavy atom. The number of hydrogen-bond donors (Lipinski definition) is 1. The predicted molar refractivity (Wildman–Crippen MR) is 64.2 cm³/mol. The highest BCUT2D eigenvalue weighted by atomic mass is 79.9. The third-order valence-electron chi connectivity index (χ3n) is 2.23. The van der Waals surface area contributed by atoms with E-state index in [1.165, 1.54) is 0 Å². The zero-order valence-corrected chi connectivity index (χ0v) is 9.94. The maximum absolute atomic E-state index is 8.29. The van der Waals surface area contributed by atoms with Crippen molar-refractivity contribution in [2.24, 2.45) is 5.11 Å². The molecule has 1 heterocycles. The van der Waals surface area contributed by atoms with Gasteiger partial charge < -0.3 is 0 Å².